The molecule has 2 aromatic carbocycles. The Labute approximate surface area is 246 Å². The van der Waals surface area contributed by atoms with Gasteiger partial charge >= 0.3 is 12.1 Å². The minimum Gasteiger partial charge on any atom is -0.492 e. The maximum atomic E-state index is 16.3. The largest absolute Gasteiger partial charge is 0.492 e. The van der Waals surface area contributed by atoms with Crippen LogP contribution in [0.1, 0.15) is 59.3 Å². The van der Waals surface area contributed by atoms with Crippen molar-refractivity contribution in [2.45, 2.75) is 64.3 Å². The maximum absolute atomic E-state index is 16.3. The van der Waals surface area contributed by atoms with Crippen molar-refractivity contribution in [3.63, 3.8) is 0 Å². The van der Waals surface area contributed by atoms with E-state index in [2.05, 4.69) is 0 Å². The third-order valence-corrected chi connectivity index (χ3v) is 8.71. The fourth-order valence-electron chi connectivity index (χ4n) is 6.23. The molecular formula is C31H33FN4O7. The van der Waals surface area contributed by atoms with Crippen LogP contribution in [0.15, 0.2) is 29.2 Å². The number of nitrogens with zero attached hydrogens (tertiary/aromatic N) is 3. The molecule has 12 heteroatoms. The number of aromatic carboxylic acids is 1. The average molecular weight is 593 g/mol. The van der Waals surface area contributed by atoms with E-state index in [1.54, 1.807) is 10.6 Å². The number of Topliss-reactive ketones (excluding diaryl/α,β-unsaturated/α-hetero) is 1. The van der Waals surface area contributed by atoms with Gasteiger partial charge in [0.1, 0.15) is 29.2 Å². The van der Waals surface area contributed by atoms with Crippen molar-refractivity contribution in [1.29, 1.82) is 0 Å². The Kier molecular flexibility index (Phi) is 7.11. The van der Waals surface area contributed by atoms with E-state index < -0.39 is 41.0 Å². The number of halogens is 1. The first-order chi connectivity index (χ1) is 20.5. The standard InChI is InChI=1S/C31H33FN4O7/c1-15-23-26(35(19-8-9-19)13-21(28(23)38)30(39)40)29(42-3)27(24(15)32)34-10-4-5-17-11-20(7-6-18(17)12-34)36-14-22(43-31(36)41)25(33)16(2)37/h6-7,11,13,19,22,25H,4-5,8-10,12,14,33H2,1-3H3,(H,39,40). The number of ether oxygens (including phenoxy) is 2. The van der Waals surface area contributed by atoms with E-state index in [-0.39, 0.29) is 40.8 Å². The summed E-state index contributed by atoms with van der Waals surface area (Å²) < 4.78 is 29.2. The number of carbonyl (C=O) groups is 3. The Morgan fingerprint density at radius 1 is 1.21 bits per heavy atom. The second-order valence-electron chi connectivity index (χ2n) is 11.5. The molecule has 11 nitrogen and oxygen atoms in total. The molecule has 2 atom stereocenters. The van der Waals surface area contributed by atoms with Crippen molar-refractivity contribution >= 4 is 40.1 Å². The van der Waals surface area contributed by atoms with E-state index in [1.165, 1.54) is 32.1 Å². The maximum Gasteiger partial charge on any atom is 0.414 e. The third kappa shape index (κ3) is 4.79. The van der Waals surface area contributed by atoms with Crippen LogP contribution in [0.2, 0.25) is 0 Å². The summed E-state index contributed by atoms with van der Waals surface area (Å²) >= 11 is 0. The van der Waals surface area contributed by atoms with Crippen LogP contribution in [0.25, 0.3) is 10.9 Å². The Bertz CT molecular complexity index is 1750. The summed E-state index contributed by atoms with van der Waals surface area (Å²) in [6.45, 7) is 3.86. The molecule has 43 heavy (non-hydrogen) atoms. The molecule has 2 aliphatic heterocycles. The number of pyridine rings is 1. The highest BCUT2D eigenvalue weighted by atomic mass is 19.1. The van der Waals surface area contributed by atoms with E-state index in [0.717, 1.165) is 24.0 Å². The molecule has 1 aliphatic carbocycles. The molecule has 226 valence electrons. The summed E-state index contributed by atoms with van der Waals surface area (Å²) in [5, 5.41) is 9.71. The Balaban J connectivity index is 1.40. The van der Waals surface area contributed by atoms with Gasteiger partial charge in [0.2, 0.25) is 5.43 Å². The van der Waals surface area contributed by atoms with Gasteiger partial charge in [-0.05, 0) is 62.8 Å². The third-order valence-electron chi connectivity index (χ3n) is 8.71. The minimum atomic E-state index is -1.35. The van der Waals surface area contributed by atoms with Crippen LogP contribution >= 0.6 is 0 Å². The fourth-order valence-corrected chi connectivity index (χ4v) is 6.23. The van der Waals surface area contributed by atoms with Crippen molar-refractivity contribution in [3.05, 3.63) is 62.7 Å². The molecule has 0 spiro atoms. The lowest BCUT2D eigenvalue weighted by Gasteiger charge is -2.28. The van der Waals surface area contributed by atoms with E-state index in [9.17, 15) is 24.3 Å². The number of rotatable bonds is 7. The lowest BCUT2D eigenvalue weighted by atomic mass is 10.0. The van der Waals surface area contributed by atoms with Crippen LogP contribution < -0.4 is 25.7 Å². The Morgan fingerprint density at radius 3 is 2.60 bits per heavy atom. The van der Waals surface area contributed by atoms with E-state index in [0.29, 0.717) is 37.1 Å². The Hall–Kier alpha value is -4.45. The van der Waals surface area contributed by atoms with Gasteiger partial charge in [0.25, 0.3) is 0 Å². The first-order valence-corrected chi connectivity index (χ1v) is 14.3. The fraction of sp³-hybridized carbons (Fsp3) is 0.419. The number of hydrogen-bond donors (Lipinski definition) is 2. The predicted molar refractivity (Wildman–Crippen MR) is 157 cm³/mol. The first-order valence-electron chi connectivity index (χ1n) is 14.3. The quantitative estimate of drug-likeness (QED) is 0.420. The zero-order valence-corrected chi connectivity index (χ0v) is 24.2. The van der Waals surface area contributed by atoms with E-state index in [1.807, 2.05) is 17.0 Å². The molecule has 3 heterocycles. The number of carbonyl (C=O) groups excluding carboxylic acids is 2. The minimum absolute atomic E-state index is 0.00189. The summed E-state index contributed by atoms with van der Waals surface area (Å²) in [4.78, 5) is 52.9. The molecular weight excluding hydrogens is 559 g/mol. The highest BCUT2D eigenvalue weighted by Gasteiger charge is 2.38. The molecule has 1 amide bonds. The number of carboxylic acids is 1. The molecule has 3 aliphatic rings. The van der Waals surface area contributed by atoms with Crippen LogP contribution in [-0.4, -0.2) is 59.9 Å². The van der Waals surface area contributed by atoms with Gasteiger partial charge in [-0.1, -0.05) is 6.07 Å². The highest BCUT2D eigenvalue weighted by Crippen LogP contribution is 2.46. The van der Waals surface area contributed by atoms with E-state index in [4.69, 9.17) is 15.2 Å². The van der Waals surface area contributed by atoms with Crippen LogP contribution in [0.3, 0.4) is 0 Å². The number of benzene rings is 2. The van der Waals surface area contributed by atoms with Gasteiger partial charge in [0.05, 0.1) is 24.6 Å². The molecule has 3 N–H and O–H groups in total. The number of aromatic nitrogens is 1. The number of hydrogen-bond acceptors (Lipinski definition) is 8. The zero-order valence-electron chi connectivity index (χ0n) is 24.2. The molecule has 0 bridgehead atoms. The van der Waals surface area contributed by atoms with Crippen molar-refractivity contribution in [2.24, 2.45) is 5.73 Å². The van der Waals surface area contributed by atoms with Gasteiger partial charge in [-0.15, -0.1) is 0 Å². The normalized spacial score (nSPS) is 19.2. The van der Waals surface area contributed by atoms with Crippen LogP contribution in [0.5, 0.6) is 5.75 Å². The van der Waals surface area contributed by atoms with Gasteiger partial charge in [0.15, 0.2) is 11.6 Å². The number of ketones is 1. The summed E-state index contributed by atoms with van der Waals surface area (Å²) in [6, 6.07) is 4.71. The average Bonchev–Trinajstić information content (AvgIpc) is 3.77. The molecule has 2 unspecified atom stereocenters. The van der Waals surface area contributed by atoms with Gasteiger partial charge in [-0.2, -0.15) is 0 Å². The number of anilines is 2. The number of nitrogens with two attached hydrogens (primary N) is 1. The van der Waals surface area contributed by atoms with Crippen molar-refractivity contribution in [3.8, 4) is 5.75 Å². The molecule has 1 saturated heterocycles. The summed E-state index contributed by atoms with van der Waals surface area (Å²) in [6.07, 6.45) is 3.03. The summed E-state index contributed by atoms with van der Waals surface area (Å²) in [7, 11) is 1.43. The second-order valence-corrected chi connectivity index (χ2v) is 11.5. The number of aryl methyl sites for hydroxylation is 2. The van der Waals surface area contributed by atoms with Crippen molar-refractivity contribution in [1.82, 2.24) is 4.57 Å². The molecule has 3 aromatic rings. The lowest BCUT2D eigenvalue weighted by Crippen LogP contribution is -2.43. The van der Waals surface area contributed by atoms with E-state index >= 15 is 4.39 Å². The number of amides is 1. The number of fused-ring (bicyclic) bond motifs is 2. The summed E-state index contributed by atoms with van der Waals surface area (Å²) in [5.41, 5.74) is 8.06. The lowest BCUT2D eigenvalue weighted by molar-refractivity contribution is -0.120. The molecule has 1 saturated carbocycles. The van der Waals surface area contributed by atoms with Crippen molar-refractivity contribution in [2.75, 3.05) is 30.0 Å². The number of methoxy groups -OCH3 is 1. The van der Waals surface area contributed by atoms with Crippen LogP contribution in [0, 0.1) is 12.7 Å². The van der Waals surface area contributed by atoms with Gasteiger partial charge in [-0.25, -0.2) is 14.0 Å². The molecule has 1 aromatic heterocycles. The molecule has 6 rings (SSSR count). The van der Waals surface area contributed by atoms with Crippen molar-refractivity contribution < 1.29 is 33.4 Å². The van der Waals surface area contributed by atoms with Gasteiger partial charge in [-0.3, -0.25) is 14.5 Å². The SMILES string of the molecule is COc1c(N2CCCc3cc(N4CC(C(N)C(C)=O)OC4=O)ccc3C2)c(F)c(C)c2c(=O)c(C(=O)O)cn(C3CC3)c12. The number of carboxylic acid groups (broad SMARTS) is 1. The topological polar surface area (TPSA) is 144 Å². The zero-order chi connectivity index (χ0) is 30.7. The smallest absolute Gasteiger partial charge is 0.414 e. The summed E-state index contributed by atoms with van der Waals surface area (Å²) in [5.74, 6) is -2.04. The van der Waals surface area contributed by atoms with Gasteiger partial charge in [0, 0.05) is 36.6 Å². The highest BCUT2D eigenvalue weighted by molar-refractivity contribution is 5.99. The molecule has 0 radical (unpaired) electrons. The molecule has 2 fully saturated rings. The first kappa shape index (κ1) is 28.7. The van der Waals surface area contributed by atoms with Crippen LogP contribution in [0.4, 0.5) is 20.6 Å². The second kappa shape index (κ2) is 10.7. The predicted octanol–water partition coefficient (Wildman–Crippen LogP) is 3.69. The van der Waals surface area contributed by atoms with Gasteiger partial charge < -0.3 is 29.8 Å². The Morgan fingerprint density at radius 2 is 1.95 bits per heavy atom. The van der Waals surface area contributed by atoms with Crippen LogP contribution in [-0.2, 0) is 22.5 Å². The number of cyclic esters (lactones) is 1. The monoisotopic (exact) mass is 592 g/mol.